The van der Waals surface area contributed by atoms with E-state index in [-0.39, 0.29) is 5.91 Å². The van der Waals surface area contributed by atoms with Crippen molar-refractivity contribution in [3.63, 3.8) is 0 Å². The van der Waals surface area contributed by atoms with Gasteiger partial charge < -0.3 is 9.47 Å². The van der Waals surface area contributed by atoms with E-state index < -0.39 is 0 Å². The lowest BCUT2D eigenvalue weighted by Gasteiger charge is -2.15. The molecule has 4 nitrogen and oxygen atoms in total. The van der Waals surface area contributed by atoms with Gasteiger partial charge >= 0.3 is 0 Å². The monoisotopic (exact) mass is 289 g/mol. The maximum absolute atomic E-state index is 12.4. The summed E-state index contributed by atoms with van der Waals surface area (Å²) in [6, 6.07) is 1.98. The first kappa shape index (κ1) is 13.4. The number of carbonyl (C=O) groups excluding carboxylic acids is 1. The fraction of sp³-hybridized carbons (Fsp3) is 0.467. The van der Waals surface area contributed by atoms with Crippen LogP contribution in [0.3, 0.4) is 0 Å². The summed E-state index contributed by atoms with van der Waals surface area (Å²) in [6.45, 7) is 5.64. The third-order valence-corrected chi connectivity index (χ3v) is 4.85. The molecule has 106 valence electrons. The summed E-state index contributed by atoms with van der Waals surface area (Å²) < 4.78 is 2.09. The van der Waals surface area contributed by atoms with Crippen molar-refractivity contribution in [3.8, 4) is 0 Å². The van der Waals surface area contributed by atoms with E-state index >= 15 is 0 Å². The van der Waals surface area contributed by atoms with Gasteiger partial charge in [0.05, 0.1) is 10.6 Å². The van der Waals surface area contributed by atoms with Gasteiger partial charge in [0.2, 0.25) is 0 Å². The number of hydrogen-bond donors (Lipinski definition) is 0. The smallest absolute Gasteiger partial charge is 0.263 e. The first-order valence-electron chi connectivity index (χ1n) is 6.89. The van der Waals surface area contributed by atoms with Crippen molar-refractivity contribution in [1.29, 1.82) is 0 Å². The van der Waals surface area contributed by atoms with Crippen molar-refractivity contribution in [2.24, 2.45) is 7.05 Å². The number of nitrogens with zero attached hydrogens (tertiary/aromatic N) is 3. The van der Waals surface area contributed by atoms with E-state index in [1.54, 1.807) is 0 Å². The van der Waals surface area contributed by atoms with Crippen molar-refractivity contribution >= 4 is 17.2 Å². The van der Waals surface area contributed by atoms with Crippen molar-refractivity contribution in [1.82, 2.24) is 14.5 Å². The number of hydrogen-bond acceptors (Lipinski definition) is 3. The Labute approximate surface area is 123 Å². The molecule has 5 heteroatoms. The molecule has 0 aliphatic carbocycles. The Morgan fingerprint density at radius 1 is 1.45 bits per heavy atom. The molecule has 2 aromatic heterocycles. The molecule has 0 aromatic carbocycles. The largest absolute Gasteiger partial charge is 0.337 e. The van der Waals surface area contributed by atoms with Gasteiger partial charge in [0.15, 0.2) is 0 Å². The SMILES string of the molecule is Cc1csc(C(=O)N2CC[C@H](c3nc(C)cn3C)C2)c1. The Morgan fingerprint density at radius 2 is 2.25 bits per heavy atom. The number of amides is 1. The van der Waals surface area contributed by atoms with Crippen LogP contribution < -0.4 is 0 Å². The number of thiophene rings is 1. The molecule has 0 saturated carbocycles. The fourth-order valence-corrected chi connectivity index (χ4v) is 3.73. The molecule has 0 bridgehead atoms. The van der Waals surface area contributed by atoms with E-state index in [0.29, 0.717) is 5.92 Å². The lowest BCUT2D eigenvalue weighted by molar-refractivity contribution is 0.0795. The zero-order valence-electron chi connectivity index (χ0n) is 12.1. The maximum atomic E-state index is 12.4. The number of aromatic nitrogens is 2. The highest BCUT2D eigenvalue weighted by atomic mass is 32.1. The Bertz CT molecular complexity index is 643. The molecular formula is C15H19N3OS. The number of carbonyl (C=O) groups is 1. The first-order valence-corrected chi connectivity index (χ1v) is 7.77. The second-order valence-corrected chi connectivity index (χ2v) is 6.49. The minimum atomic E-state index is 0.163. The highest BCUT2D eigenvalue weighted by Crippen LogP contribution is 2.28. The van der Waals surface area contributed by atoms with Crippen LogP contribution in [0.25, 0.3) is 0 Å². The van der Waals surface area contributed by atoms with Crippen LogP contribution in [0, 0.1) is 13.8 Å². The average Bonchev–Trinajstić information content (AvgIpc) is 3.08. The summed E-state index contributed by atoms with van der Waals surface area (Å²) in [5, 5.41) is 2.03. The van der Waals surface area contributed by atoms with Crippen molar-refractivity contribution in [2.45, 2.75) is 26.2 Å². The second-order valence-electron chi connectivity index (χ2n) is 5.58. The molecule has 3 rings (SSSR count). The molecule has 0 radical (unpaired) electrons. The third kappa shape index (κ3) is 2.38. The molecule has 1 aliphatic rings. The summed E-state index contributed by atoms with van der Waals surface area (Å²) in [4.78, 5) is 19.8. The number of aryl methyl sites for hydroxylation is 3. The topological polar surface area (TPSA) is 38.1 Å². The Kier molecular flexibility index (Phi) is 3.38. The van der Waals surface area contributed by atoms with Crippen LogP contribution in [0.15, 0.2) is 17.6 Å². The van der Waals surface area contributed by atoms with Crippen LogP contribution in [0.4, 0.5) is 0 Å². The summed E-state index contributed by atoms with van der Waals surface area (Å²) in [7, 11) is 2.03. The van der Waals surface area contributed by atoms with E-state index in [9.17, 15) is 4.79 Å². The lowest BCUT2D eigenvalue weighted by Crippen LogP contribution is -2.28. The van der Waals surface area contributed by atoms with Gasteiger partial charge in [0.1, 0.15) is 5.82 Å². The fourth-order valence-electron chi connectivity index (χ4n) is 2.87. The molecule has 3 heterocycles. The van der Waals surface area contributed by atoms with Gasteiger partial charge in [-0.25, -0.2) is 4.98 Å². The van der Waals surface area contributed by atoms with Crippen LogP contribution in [0.5, 0.6) is 0 Å². The van der Waals surface area contributed by atoms with Crippen LogP contribution in [-0.2, 0) is 7.05 Å². The molecule has 1 aliphatic heterocycles. The van der Waals surface area contributed by atoms with Crippen molar-refractivity contribution in [3.05, 3.63) is 39.6 Å². The van der Waals surface area contributed by atoms with Crippen molar-refractivity contribution in [2.75, 3.05) is 13.1 Å². The Morgan fingerprint density at radius 3 is 2.85 bits per heavy atom. The first-order chi connectivity index (χ1) is 9.54. The molecule has 0 N–H and O–H groups in total. The molecule has 20 heavy (non-hydrogen) atoms. The van der Waals surface area contributed by atoms with E-state index in [4.69, 9.17) is 0 Å². The molecule has 0 unspecified atom stereocenters. The molecule has 1 fully saturated rings. The maximum Gasteiger partial charge on any atom is 0.263 e. The summed E-state index contributed by atoms with van der Waals surface area (Å²) >= 11 is 1.54. The van der Waals surface area contributed by atoms with Gasteiger partial charge in [-0.15, -0.1) is 11.3 Å². The van der Waals surface area contributed by atoms with Crippen LogP contribution in [0.1, 0.15) is 39.1 Å². The molecular weight excluding hydrogens is 270 g/mol. The summed E-state index contributed by atoms with van der Waals surface area (Å²) in [5.74, 6) is 1.62. The second kappa shape index (κ2) is 5.05. The average molecular weight is 289 g/mol. The van der Waals surface area contributed by atoms with Gasteiger partial charge in [-0.2, -0.15) is 0 Å². The molecule has 1 amide bonds. The highest BCUT2D eigenvalue weighted by Gasteiger charge is 2.30. The predicted octanol–water partition coefficient (Wildman–Crippen LogP) is 2.73. The van der Waals surface area contributed by atoms with E-state index in [1.807, 2.05) is 43.4 Å². The Hall–Kier alpha value is -1.62. The van der Waals surface area contributed by atoms with Crippen LogP contribution in [0.2, 0.25) is 0 Å². The number of imidazole rings is 1. The quantitative estimate of drug-likeness (QED) is 0.852. The lowest BCUT2D eigenvalue weighted by atomic mass is 10.1. The van der Waals surface area contributed by atoms with Gasteiger partial charge in [-0.05, 0) is 37.3 Å². The van der Waals surface area contributed by atoms with Crippen LogP contribution in [-0.4, -0.2) is 33.4 Å². The molecule has 2 aromatic rings. The van der Waals surface area contributed by atoms with E-state index in [1.165, 1.54) is 11.3 Å². The van der Waals surface area contributed by atoms with Gasteiger partial charge in [0.25, 0.3) is 5.91 Å². The zero-order chi connectivity index (χ0) is 14.3. The third-order valence-electron chi connectivity index (χ3n) is 3.81. The molecule has 1 atom stereocenters. The van der Waals surface area contributed by atoms with Crippen LogP contribution >= 0.6 is 11.3 Å². The minimum Gasteiger partial charge on any atom is -0.337 e. The number of likely N-dealkylation sites (tertiary alicyclic amines) is 1. The van der Waals surface area contributed by atoms with E-state index in [0.717, 1.165) is 41.5 Å². The summed E-state index contributed by atoms with van der Waals surface area (Å²) in [6.07, 6.45) is 3.04. The van der Waals surface area contributed by atoms with E-state index in [2.05, 4.69) is 9.55 Å². The highest BCUT2D eigenvalue weighted by molar-refractivity contribution is 7.12. The summed E-state index contributed by atoms with van der Waals surface area (Å²) in [5.41, 5.74) is 2.20. The Balaban J connectivity index is 1.73. The van der Waals surface area contributed by atoms with Crippen molar-refractivity contribution < 1.29 is 4.79 Å². The molecule has 0 spiro atoms. The predicted molar refractivity (Wildman–Crippen MR) is 80.3 cm³/mol. The van der Waals surface area contributed by atoms with Gasteiger partial charge in [0, 0.05) is 32.3 Å². The molecule has 1 saturated heterocycles. The van der Waals surface area contributed by atoms with Gasteiger partial charge in [-0.1, -0.05) is 0 Å². The zero-order valence-corrected chi connectivity index (χ0v) is 12.9. The minimum absolute atomic E-state index is 0.163. The normalized spacial score (nSPS) is 18.8. The standard InChI is InChI=1S/C15H19N3OS/c1-10-6-13(20-9-10)15(19)18-5-4-12(8-18)14-16-11(2)7-17(14)3/h6-7,9,12H,4-5,8H2,1-3H3/t12-/m0/s1. The van der Waals surface area contributed by atoms with Gasteiger partial charge in [-0.3, -0.25) is 4.79 Å². The number of rotatable bonds is 2.